The van der Waals surface area contributed by atoms with E-state index in [-0.39, 0.29) is 37.0 Å². The van der Waals surface area contributed by atoms with Gasteiger partial charge in [0, 0.05) is 49.4 Å². The summed E-state index contributed by atoms with van der Waals surface area (Å²) in [7, 11) is 0. The quantitative estimate of drug-likeness (QED) is 0.313. The highest BCUT2D eigenvalue weighted by Crippen LogP contribution is 2.23. The second kappa shape index (κ2) is 8.72. The van der Waals surface area contributed by atoms with Gasteiger partial charge in [-0.3, -0.25) is 19.7 Å². The summed E-state index contributed by atoms with van der Waals surface area (Å²) in [6.45, 7) is 0.964. The zero-order valence-electron chi connectivity index (χ0n) is 14.4. The third-order valence-electron chi connectivity index (χ3n) is 4.55. The monoisotopic (exact) mass is 365 g/mol. The number of aliphatic carboxylic acids is 1. The normalized spacial score (nSPS) is 22.6. The number of rotatable bonds is 8. The number of nitro groups is 1. The second-order valence-electron chi connectivity index (χ2n) is 6.68. The molecule has 26 heavy (non-hydrogen) atoms. The minimum Gasteiger partial charge on any atom is -0.633 e. The number of hydroxylamine groups is 3. The molecule has 0 radical (unpaired) electrons. The number of piperidine rings is 1. The summed E-state index contributed by atoms with van der Waals surface area (Å²) in [4.78, 5) is 32.4. The van der Waals surface area contributed by atoms with Gasteiger partial charge in [0.15, 0.2) is 0 Å². The maximum Gasteiger partial charge on any atom is 0.303 e. The van der Waals surface area contributed by atoms with E-state index < -0.39 is 15.5 Å². The van der Waals surface area contributed by atoms with E-state index in [0.717, 1.165) is 5.56 Å². The van der Waals surface area contributed by atoms with Crippen molar-refractivity contribution in [1.82, 2.24) is 5.32 Å². The van der Waals surface area contributed by atoms with Gasteiger partial charge >= 0.3 is 5.97 Å². The van der Waals surface area contributed by atoms with Crippen LogP contribution in [0.4, 0.5) is 5.69 Å². The van der Waals surface area contributed by atoms with Crippen molar-refractivity contribution in [2.75, 3.05) is 13.1 Å². The summed E-state index contributed by atoms with van der Waals surface area (Å²) >= 11 is 0. The molecule has 2 rings (SSSR count). The third-order valence-corrected chi connectivity index (χ3v) is 4.55. The molecular weight excluding hydrogens is 342 g/mol. The minimum atomic E-state index is -0.921. The molecule has 1 aromatic rings. The van der Waals surface area contributed by atoms with Crippen LogP contribution in [0.3, 0.4) is 0 Å². The Kier molecular flexibility index (Phi) is 6.64. The Morgan fingerprint density at radius 3 is 2.35 bits per heavy atom. The van der Waals surface area contributed by atoms with E-state index in [1.54, 1.807) is 12.1 Å². The summed E-state index contributed by atoms with van der Waals surface area (Å²) in [5, 5.41) is 34.9. The summed E-state index contributed by atoms with van der Waals surface area (Å²) in [6.07, 6.45) is 1.55. The van der Waals surface area contributed by atoms with Crippen LogP contribution < -0.4 is 5.32 Å². The van der Waals surface area contributed by atoms with E-state index in [4.69, 9.17) is 5.11 Å². The SMILES string of the molecule is O=C(O)CCCC(=O)NC1CC[N+]([O-])(Cc2ccc([N+](=O)[O-])cc2)CC1. The Morgan fingerprint density at radius 1 is 1.19 bits per heavy atom. The molecule has 0 aliphatic carbocycles. The molecule has 1 amide bonds. The van der Waals surface area contributed by atoms with Crippen molar-refractivity contribution in [2.45, 2.75) is 44.7 Å². The molecule has 1 aliphatic heterocycles. The van der Waals surface area contributed by atoms with Gasteiger partial charge in [-0.1, -0.05) is 0 Å². The van der Waals surface area contributed by atoms with Crippen molar-refractivity contribution in [3.63, 3.8) is 0 Å². The number of nitro benzene ring substituents is 1. The second-order valence-corrected chi connectivity index (χ2v) is 6.68. The molecule has 9 heteroatoms. The van der Waals surface area contributed by atoms with Gasteiger partial charge in [0.25, 0.3) is 5.69 Å². The third kappa shape index (κ3) is 6.08. The number of carboxylic acids is 1. The van der Waals surface area contributed by atoms with Crippen molar-refractivity contribution in [3.8, 4) is 0 Å². The van der Waals surface area contributed by atoms with Gasteiger partial charge < -0.3 is 20.3 Å². The predicted molar refractivity (Wildman–Crippen MR) is 92.8 cm³/mol. The first-order valence-corrected chi connectivity index (χ1v) is 8.59. The van der Waals surface area contributed by atoms with Crippen LogP contribution in [0, 0.1) is 15.3 Å². The largest absolute Gasteiger partial charge is 0.633 e. The molecule has 0 spiro atoms. The standard InChI is InChI=1S/C17H23N3O6/c21-16(2-1-3-17(22)23)18-14-8-10-20(26,11-9-14)12-13-4-6-15(7-5-13)19(24)25/h4-7,14H,1-3,8-12H2,(H,18,21)(H,22,23). The Hall–Kier alpha value is -2.52. The fraction of sp³-hybridized carbons (Fsp3) is 0.529. The highest BCUT2D eigenvalue weighted by molar-refractivity contribution is 5.77. The number of benzene rings is 1. The van der Waals surface area contributed by atoms with Gasteiger partial charge in [-0.05, 0) is 18.6 Å². The van der Waals surface area contributed by atoms with Gasteiger partial charge in [0.05, 0.1) is 18.0 Å². The van der Waals surface area contributed by atoms with Gasteiger partial charge in [-0.15, -0.1) is 0 Å². The molecule has 0 saturated carbocycles. The molecule has 1 aromatic carbocycles. The Labute approximate surface area is 150 Å². The smallest absolute Gasteiger partial charge is 0.303 e. The zero-order chi connectivity index (χ0) is 19.2. The molecule has 0 unspecified atom stereocenters. The molecule has 142 valence electrons. The molecule has 1 saturated heterocycles. The van der Waals surface area contributed by atoms with Crippen LogP contribution in [0.5, 0.6) is 0 Å². The van der Waals surface area contributed by atoms with Crippen molar-refractivity contribution < 1.29 is 24.3 Å². The number of carboxylic acid groups (broad SMARTS) is 1. The van der Waals surface area contributed by atoms with Crippen LogP contribution in [0.25, 0.3) is 0 Å². The van der Waals surface area contributed by atoms with Crippen molar-refractivity contribution in [3.05, 3.63) is 45.2 Å². The molecule has 1 aliphatic rings. The molecule has 2 N–H and O–H groups in total. The maximum atomic E-state index is 12.8. The minimum absolute atomic E-state index is 0.00415. The van der Waals surface area contributed by atoms with Gasteiger partial charge in [0.2, 0.25) is 5.91 Å². The lowest BCUT2D eigenvalue weighted by Crippen LogP contribution is -2.52. The number of hydrogen-bond donors (Lipinski definition) is 2. The van der Waals surface area contributed by atoms with Crippen LogP contribution in [0.15, 0.2) is 24.3 Å². The lowest BCUT2D eigenvalue weighted by Gasteiger charge is -2.47. The van der Waals surface area contributed by atoms with Gasteiger partial charge in [0.1, 0.15) is 6.54 Å². The number of quaternary nitrogens is 1. The Bertz CT molecular complexity index is 653. The zero-order valence-corrected chi connectivity index (χ0v) is 14.4. The number of carbonyl (C=O) groups is 2. The number of nitrogens with zero attached hydrogens (tertiary/aromatic N) is 2. The van der Waals surface area contributed by atoms with E-state index in [1.165, 1.54) is 12.1 Å². The Morgan fingerprint density at radius 2 is 1.81 bits per heavy atom. The Balaban J connectivity index is 1.78. The van der Waals surface area contributed by atoms with Gasteiger partial charge in [-0.2, -0.15) is 0 Å². The highest BCUT2D eigenvalue weighted by atomic mass is 16.6. The van der Waals surface area contributed by atoms with E-state index in [2.05, 4.69) is 5.32 Å². The lowest BCUT2D eigenvalue weighted by atomic mass is 10.0. The maximum absolute atomic E-state index is 12.8. The molecule has 0 bridgehead atoms. The predicted octanol–water partition coefficient (Wildman–Crippen LogP) is 1.94. The number of nitrogens with one attached hydrogen (secondary N) is 1. The first-order chi connectivity index (χ1) is 12.3. The average Bonchev–Trinajstić information content (AvgIpc) is 2.57. The van der Waals surface area contributed by atoms with Crippen LogP contribution >= 0.6 is 0 Å². The van der Waals surface area contributed by atoms with E-state index in [0.29, 0.717) is 32.4 Å². The van der Waals surface area contributed by atoms with Gasteiger partial charge in [-0.25, -0.2) is 0 Å². The van der Waals surface area contributed by atoms with E-state index in [1.807, 2.05) is 0 Å². The number of hydrogen-bond acceptors (Lipinski definition) is 5. The first kappa shape index (κ1) is 19.8. The summed E-state index contributed by atoms with van der Waals surface area (Å²) in [5.41, 5.74) is 0.747. The summed E-state index contributed by atoms with van der Waals surface area (Å²) < 4.78 is -0.413. The molecular formula is C17H23N3O6. The summed E-state index contributed by atoms with van der Waals surface area (Å²) in [5.74, 6) is -1.10. The summed E-state index contributed by atoms with van der Waals surface area (Å²) in [6, 6.07) is 5.93. The molecule has 1 heterocycles. The van der Waals surface area contributed by atoms with Crippen LogP contribution in [-0.2, 0) is 16.1 Å². The van der Waals surface area contributed by atoms with Crippen molar-refractivity contribution in [1.29, 1.82) is 0 Å². The van der Waals surface area contributed by atoms with Crippen LogP contribution in [-0.4, -0.2) is 45.7 Å². The molecule has 0 aromatic heterocycles. The fourth-order valence-corrected chi connectivity index (χ4v) is 3.10. The molecule has 9 nitrogen and oxygen atoms in total. The topological polar surface area (TPSA) is 133 Å². The van der Waals surface area contributed by atoms with Crippen molar-refractivity contribution in [2.24, 2.45) is 0 Å². The van der Waals surface area contributed by atoms with Crippen molar-refractivity contribution >= 4 is 17.6 Å². The number of carbonyl (C=O) groups excluding carboxylic acids is 1. The van der Waals surface area contributed by atoms with E-state index in [9.17, 15) is 24.9 Å². The van der Waals surface area contributed by atoms with Crippen LogP contribution in [0.1, 0.15) is 37.7 Å². The number of non-ortho nitro benzene ring substituents is 1. The van der Waals surface area contributed by atoms with Crippen LogP contribution in [0.2, 0.25) is 0 Å². The number of likely N-dealkylation sites (tertiary alicyclic amines) is 1. The average molecular weight is 365 g/mol. The highest BCUT2D eigenvalue weighted by Gasteiger charge is 2.28. The fourth-order valence-electron chi connectivity index (χ4n) is 3.10. The van der Waals surface area contributed by atoms with E-state index >= 15 is 0 Å². The first-order valence-electron chi connectivity index (χ1n) is 8.59. The molecule has 1 fully saturated rings. The lowest BCUT2D eigenvalue weighted by molar-refractivity contribution is -0.898. The number of amides is 1. The molecule has 0 atom stereocenters.